The maximum absolute atomic E-state index is 12.0. The molecule has 0 radical (unpaired) electrons. The van der Waals surface area contributed by atoms with Crippen molar-refractivity contribution in [2.45, 2.75) is 45.3 Å². The van der Waals surface area contributed by atoms with Crippen molar-refractivity contribution < 1.29 is 19.4 Å². The summed E-state index contributed by atoms with van der Waals surface area (Å²) in [6.07, 6.45) is 0.713. The van der Waals surface area contributed by atoms with E-state index >= 15 is 0 Å². The Labute approximate surface area is 118 Å². The van der Waals surface area contributed by atoms with E-state index in [9.17, 15) is 9.59 Å². The third-order valence-corrected chi connectivity index (χ3v) is 2.83. The van der Waals surface area contributed by atoms with E-state index in [1.807, 2.05) is 25.1 Å². The number of ether oxygens (including phenoxy) is 1. The number of hydrogen-bond acceptors (Lipinski definition) is 3. The van der Waals surface area contributed by atoms with E-state index in [0.29, 0.717) is 12.2 Å². The highest BCUT2D eigenvalue weighted by atomic mass is 16.5. The summed E-state index contributed by atoms with van der Waals surface area (Å²) >= 11 is 0. The summed E-state index contributed by atoms with van der Waals surface area (Å²) in [5.41, 5.74) is 0. The summed E-state index contributed by atoms with van der Waals surface area (Å²) in [6.45, 7) is 3.59. The van der Waals surface area contributed by atoms with Crippen molar-refractivity contribution in [1.29, 1.82) is 0 Å². The molecule has 20 heavy (non-hydrogen) atoms. The van der Waals surface area contributed by atoms with Gasteiger partial charge in [-0.1, -0.05) is 31.5 Å². The molecule has 1 aromatic carbocycles. The van der Waals surface area contributed by atoms with Crippen LogP contribution in [0.4, 0.5) is 0 Å². The number of benzene rings is 1. The number of aliphatic carboxylic acids is 1. The Bertz CT molecular complexity index is 433. The number of carboxylic acids is 1. The van der Waals surface area contributed by atoms with E-state index in [-0.39, 0.29) is 18.4 Å². The van der Waals surface area contributed by atoms with E-state index in [4.69, 9.17) is 9.84 Å². The highest BCUT2D eigenvalue weighted by molar-refractivity contribution is 5.81. The zero-order chi connectivity index (χ0) is 15.0. The van der Waals surface area contributed by atoms with Crippen LogP contribution in [0.1, 0.15) is 33.1 Å². The summed E-state index contributed by atoms with van der Waals surface area (Å²) < 4.78 is 5.50. The van der Waals surface area contributed by atoms with Gasteiger partial charge < -0.3 is 15.2 Å². The smallest absolute Gasteiger partial charge is 0.305 e. The molecule has 2 unspecified atom stereocenters. The largest absolute Gasteiger partial charge is 0.481 e. The number of rotatable bonds is 8. The molecule has 1 amide bonds. The van der Waals surface area contributed by atoms with Crippen LogP contribution in [-0.4, -0.2) is 29.1 Å². The minimum Gasteiger partial charge on any atom is -0.481 e. The van der Waals surface area contributed by atoms with Crippen molar-refractivity contribution in [2.75, 3.05) is 0 Å². The molecule has 0 aliphatic rings. The molecule has 1 rings (SSSR count). The first-order chi connectivity index (χ1) is 9.52. The van der Waals surface area contributed by atoms with Gasteiger partial charge in [0.25, 0.3) is 5.91 Å². The number of nitrogens with one attached hydrogen (secondary N) is 1. The molecule has 0 aliphatic heterocycles. The molecule has 0 fully saturated rings. The zero-order valence-electron chi connectivity index (χ0n) is 11.8. The number of para-hydroxylation sites is 1. The Hall–Kier alpha value is -2.04. The Morgan fingerprint density at radius 1 is 1.30 bits per heavy atom. The van der Waals surface area contributed by atoms with Gasteiger partial charge in [-0.15, -0.1) is 0 Å². The van der Waals surface area contributed by atoms with Gasteiger partial charge in [-0.2, -0.15) is 0 Å². The lowest BCUT2D eigenvalue weighted by atomic mass is 10.1. The van der Waals surface area contributed by atoms with E-state index < -0.39 is 12.1 Å². The number of carboxylic acid groups (broad SMARTS) is 1. The minimum atomic E-state index is -0.916. The molecule has 5 nitrogen and oxygen atoms in total. The van der Waals surface area contributed by atoms with Gasteiger partial charge in [0.15, 0.2) is 6.10 Å². The standard InChI is InChI=1S/C15H21NO4/c1-3-7-12(10-14(17)18)16-15(19)11(2)20-13-8-5-4-6-9-13/h4-6,8-9,11-12H,3,7,10H2,1-2H3,(H,16,19)(H,17,18). The van der Waals surface area contributed by atoms with Crippen LogP contribution in [0.3, 0.4) is 0 Å². The fourth-order valence-electron chi connectivity index (χ4n) is 1.86. The summed E-state index contributed by atoms with van der Waals surface area (Å²) in [4.78, 5) is 22.7. The van der Waals surface area contributed by atoms with Gasteiger partial charge in [-0.05, 0) is 25.5 Å². The first-order valence-electron chi connectivity index (χ1n) is 6.76. The van der Waals surface area contributed by atoms with Crippen LogP contribution in [0.25, 0.3) is 0 Å². The number of hydrogen-bond donors (Lipinski definition) is 2. The molecule has 0 bridgehead atoms. The Morgan fingerprint density at radius 3 is 2.50 bits per heavy atom. The predicted octanol–water partition coefficient (Wildman–Crippen LogP) is 2.21. The fraction of sp³-hybridized carbons (Fsp3) is 0.467. The number of carbonyl (C=O) groups is 2. The van der Waals surface area contributed by atoms with Crippen LogP contribution < -0.4 is 10.1 Å². The molecule has 5 heteroatoms. The van der Waals surface area contributed by atoms with E-state index in [1.54, 1.807) is 19.1 Å². The van der Waals surface area contributed by atoms with Gasteiger partial charge in [0.2, 0.25) is 0 Å². The van der Waals surface area contributed by atoms with Crippen LogP contribution in [0, 0.1) is 0 Å². The topological polar surface area (TPSA) is 75.6 Å². The van der Waals surface area contributed by atoms with E-state index in [2.05, 4.69) is 5.32 Å². The number of amides is 1. The molecule has 2 atom stereocenters. The molecule has 0 aromatic heterocycles. The molecule has 110 valence electrons. The van der Waals surface area contributed by atoms with Crippen LogP contribution in [0.15, 0.2) is 30.3 Å². The molecule has 0 saturated carbocycles. The number of carbonyl (C=O) groups excluding carboxylic acids is 1. The second kappa shape index (κ2) is 8.19. The molecule has 0 spiro atoms. The van der Waals surface area contributed by atoms with Crippen molar-refractivity contribution in [3.63, 3.8) is 0 Å². The van der Waals surface area contributed by atoms with Gasteiger partial charge in [0.1, 0.15) is 5.75 Å². The Balaban J connectivity index is 2.52. The van der Waals surface area contributed by atoms with E-state index in [0.717, 1.165) is 6.42 Å². The fourth-order valence-corrected chi connectivity index (χ4v) is 1.86. The van der Waals surface area contributed by atoms with Crippen molar-refractivity contribution in [1.82, 2.24) is 5.32 Å². The van der Waals surface area contributed by atoms with Crippen LogP contribution in [0.5, 0.6) is 5.75 Å². The third-order valence-electron chi connectivity index (χ3n) is 2.83. The van der Waals surface area contributed by atoms with Gasteiger partial charge in [-0.25, -0.2) is 0 Å². The second-order valence-corrected chi connectivity index (χ2v) is 4.67. The molecule has 0 heterocycles. The highest BCUT2D eigenvalue weighted by Crippen LogP contribution is 2.11. The summed E-state index contributed by atoms with van der Waals surface area (Å²) in [6, 6.07) is 8.69. The van der Waals surface area contributed by atoms with Crippen molar-refractivity contribution in [2.24, 2.45) is 0 Å². The quantitative estimate of drug-likeness (QED) is 0.765. The Kier molecular flexibility index (Phi) is 6.56. The maximum atomic E-state index is 12.0. The molecule has 1 aromatic rings. The molecule has 0 saturated heterocycles. The normalized spacial score (nSPS) is 13.3. The van der Waals surface area contributed by atoms with Gasteiger partial charge >= 0.3 is 5.97 Å². The van der Waals surface area contributed by atoms with E-state index in [1.165, 1.54) is 0 Å². The molecule has 2 N–H and O–H groups in total. The highest BCUT2D eigenvalue weighted by Gasteiger charge is 2.20. The molecular formula is C15H21NO4. The average molecular weight is 279 g/mol. The monoisotopic (exact) mass is 279 g/mol. The first kappa shape index (κ1) is 16.0. The van der Waals surface area contributed by atoms with Crippen LogP contribution in [0.2, 0.25) is 0 Å². The van der Waals surface area contributed by atoms with Gasteiger partial charge in [0, 0.05) is 6.04 Å². The summed E-state index contributed by atoms with van der Waals surface area (Å²) in [7, 11) is 0. The van der Waals surface area contributed by atoms with Crippen LogP contribution in [-0.2, 0) is 9.59 Å². The second-order valence-electron chi connectivity index (χ2n) is 4.67. The first-order valence-corrected chi connectivity index (χ1v) is 6.76. The van der Waals surface area contributed by atoms with Crippen molar-refractivity contribution in [3.05, 3.63) is 30.3 Å². The SMILES string of the molecule is CCCC(CC(=O)O)NC(=O)C(C)Oc1ccccc1. The molecular weight excluding hydrogens is 258 g/mol. The average Bonchev–Trinajstić information content (AvgIpc) is 2.39. The minimum absolute atomic E-state index is 0.0718. The third kappa shape index (κ3) is 5.73. The van der Waals surface area contributed by atoms with Gasteiger partial charge in [0.05, 0.1) is 6.42 Å². The summed E-state index contributed by atoms with van der Waals surface area (Å²) in [5.74, 6) is -0.602. The van der Waals surface area contributed by atoms with Crippen molar-refractivity contribution >= 4 is 11.9 Å². The zero-order valence-corrected chi connectivity index (χ0v) is 11.8. The lowest BCUT2D eigenvalue weighted by molar-refractivity contribution is -0.138. The lowest BCUT2D eigenvalue weighted by Crippen LogP contribution is -2.43. The Morgan fingerprint density at radius 2 is 1.95 bits per heavy atom. The molecule has 0 aliphatic carbocycles. The van der Waals surface area contributed by atoms with Crippen LogP contribution >= 0.6 is 0 Å². The van der Waals surface area contributed by atoms with Gasteiger partial charge in [-0.3, -0.25) is 9.59 Å². The predicted molar refractivity (Wildman–Crippen MR) is 75.6 cm³/mol. The maximum Gasteiger partial charge on any atom is 0.305 e. The summed E-state index contributed by atoms with van der Waals surface area (Å²) in [5, 5.41) is 11.5. The lowest BCUT2D eigenvalue weighted by Gasteiger charge is -2.20. The van der Waals surface area contributed by atoms with Crippen molar-refractivity contribution in [3.8, 4) is 5.75 Å².